The van der Waals surface area contributed by atoms with Crippen LogP contribution in [0.25, 0.3) is 0 Å². The van der Waals surface area contributed by atoms with Gasteiger partial charge in [-0.15, -0.1) is 0 Å². The topological polar surface area (TPSA) is 57.5 Å². The number of rotatable bonds is 3. The van der Waals surface area contributed by atoms with E-state index in [1.807, 2.05) is 0 Å². The highest BCUT2D eigenvalue weighted by Gasteiger charge is 2.42. The van der Waals surface area contributed by atoms with Crippen LogP contribution in [0.5, 0.6) is 0 Å². The molecule has 0 rings (SSSR count). The van der Waals surface area contributed by atoms with Gasteiger partial charge < -0.3 is 10.2 Å². The molecule has 1 atom stereocenters. The third-order valence-electron chi connectivity index (χ3n) is 1.06. The minimum absolute atomic E-state index is 0.652. The van der Waals surface area contributed by atoms with Crippen LogP contribution in [0, 0.1) is 0 Å². The van der Waals surface area contributed by atoms with E-state index in [9.17, 15) is 13.6 Å². The average Bonchev–Trinajstić information content (AvgIpc) is 1.86. The molecular weight excluding hydrogens is 146 g/mol. The molecule has 0 bridgehead atoms. The first-order valence-corrected chi connectivity index (χ1v) is 2.60. The van der Waals surface area contributed by atoms with Gasteiger partial charge >= 0.3 is 5.92 Å². The molecule has 0 aromatic heterocycles. The Hall–Kier alpha value is -0.550. The second-order valence-electron chi connectivity index (χ2n) is 1.88. The quantitative estimate of drug-likeness (QED) is 0.579. The number of ketones is 1. The Kier molecular flexibility index (Phi) is 2.86. The van der Waals surface area contributed by atoms with Crippen molar-refractivity contribution in [1.29, 1.82) is 0 Å². The van der Waals surface area contributed by atoms with Gasteiger partial charge in [0.1, 0.15) is 6.10 Å². The van der Waals surface area contributed by atoms with E-state index in [-0.39, 0.29) is 0 Å². The van der Waals surface area contributed by atoms with E-state index in [4.69, 9.17) is 10.2 Å². The van der Waals surface area contributed by atoms with Gasteiger partial charge in [-0.1, -0.05) is 0 Å². The second kappa shape index (κ2) is 3.03. The molecule has 2 N–H and O–H groups in total. The number of Topliss-reactive ketones (excluding diaryl/α,β-unsaturated/α-hetero) is 1. The van der Waals surface area contributed by atoms with Gasteiger partial charge in [-0.25, -0.2) is 0 Å². The standard InChI is InChI=1S/C5H8F2O3/c1-3(9)5(6,7)4(10)2-8/h4,8,10H,2H2,1H3. The highest BCUT2D eigenvalue weighted by Crippen LogP contribution is 2.18. The van der Waals surface area contributed by atoms with E-state index >= 15 is 0 Å². The van der Waals surface area contributed by atoms with Gasteiger partial charge in [-0.2, -0.15) is 8.78 Å². The lowest BCUT2D eigenvalue weighted by atomic mass is 10.1. The summed E-state index contributed by atoms with van der Waals surface area (Å²) in [6.07, 6.45) is -2.29. The average molecular weight is 154 g/mol. The van der Waals surface area contributed by atoms with Gasteiger partial charge in [0.15, 0.2) is 0 Å². The molecule has 3 nitrogen and oxygen atoms in total. The molecule has 0 radical (unpaired) electrons. The first-order chi connectivity index (χ1) is 4.42. The third-order valence-corrected chi connectivity index (χ3v) is 1.06. The molecule has 0 aliphatic rings. The minimum Gasteiger partial charge on any atom is -0.393 e. The zero-order valence-electron chi connectivity index (χ0n) is 5.34. The van der Waals surface area contributed by atoms with Gasteiger partial charge in [0.2, 0.25) is 5.78 Å². The van der Waals surface area contributed by atoms with Gasteiger partial charge in [-0.3, -0.25) is 4.79 Å². The number of hydrogen-bond donors (Lipinski definition) is 2. The summed E-state index contributed by atoms with van der Waals surface area (Å²) >= 11 is 0. The molecule has 10 heavy (non-hydrogen) atoms. The van der Waals surface area contributed by atoms with Crippen molar-refractivity contribution < 1.29 is 23.8 Å². The van der Waals surface area contributed by atoms with Gasteiger partial charge in [0.05, 0.1) is 6.61 Å². The van der Waals surface area contributed by atoms with Gasteiger partial charge in [0.25, 0.3) is 0 Å². The van der Waals surface area contributed by atoms with Crippen LogP contribution in [0.1, 0.15) is 6.92 Å². The summed E-state index contributed by atoms with van der Waals surface area (Å²) in [6.45, 7) is -0.467. The number of aliphatic hydroxyl groups is 2. The first-order valence-electron chi connectivity index (χ1n) is 2.60. The lowest BCUT2D eigenvalue weighted by molar-refractivity contribution is -0.162. The Morgan fingerprint density at radius 1 is 1.70 bits per heavy atom. The van der Waals surface area contributed by atoms with Crippen molar-refractivity contribution in [2.75, 3.05) is 6.61 Å². The SMILES string of the molecule is CC(=O)C(F)(F)C(O)CO. The maximum Gasteiger partial charge on any atom is 0.332 e. The summed E-state index contributed by atoms with van der Waals surface area (Å²) in [4.78, 5) is 10.0. The first kappa shape index (κ1) is 9.45. The molecule has 0 aliphatic heterocycles. The smallest absolute Gasteiger partial charge is 0.332 e. The van der Waals surface area contributed by atoms with Crippen LogP contribution < -0.4 is 0 Å². The van der Waals surface area contributed by atoms with Gasteiger partial charge in [0, 0.05) is 6.92 Å². The maximum atomic E-state index is 12.2. The lowest BCUT2D eigenvalue weighted by Gasteiger charge is -2.16. The number of aliphatic hydroxyl groups excluding tert-OH is 2. The van der Waals surface area contributed by atoms with Crippen LogP contribution in [-0.4, -0.2) is 34.6 Å². The fourth-order valence-corrected chi connectivity index (χ4v) is 0.349. The summed E-state index contributed by atoms with van der Waals surface area (Å²) in [5, 5.41) is 16.4. The van der Waals surface area contributed by atoms with Crippen LogP contribution in [0.4, 0.5) is 8.78 Å². The molecule has 0 aliphatic carbocycles. The van der Waals surface area contributed by atoms with E-state index in [0.717, 1.165) is 0 Å². The van der Waals surface area contributed by atoms with Crippen LogP contribution >= 0.6 is 0 Å². The molecule has 0 saturated carbocycles. The Morgan fingerprint density at radius 2 is 2.10 bits per heavy atom. The number of alkyl halides is 2. The van der Waals surface area contributed by atoms with Crippen molar-refractivity contribution in [3.8, 4) is 0 Å². The highest BCUT2D eigenvalue weighted by atomic mass is 19.3. The third kappa shape index (κ3) is 1.71. The maximum absolute atomic E-state index is 12.2. The minimum atomic E-state index is -3.82. The van der Waals surface area contributed by atoms with Crippen LogP contribution in [-0.2, 0) is 4.79 Å². The Balaban J connectivity index is 4.23. The Labute approximate surface area is 56.3 Å². The molecule has 0 spiro atoms. The second-order valence-corrected chi connectivity index (χ2v) is 1.88. The predicted octanol–water partition coefficient (Wildman–Crippen LogP) is -0.436. The van der Waals surface area contributed by atoms with Crippen LogP contribution in [0.2, 0.25) is 0 Å². The summed E-state index contributed by atoms with van der Waals surface area (Å²) < 4.78 is 24.4. The lowest BCUT2D eigenvalue weighted by Crippen LogP contribution is -2.42. The van der Waals surface area contributed by atoms with Crippen molar-refractivity contribution in [1.82, 2.24) is 0 Å². The number of carbonyl (C=O) groups is 1. The Morgan fingerprint density at radius 3 is 2.20 bits per heavy atom. The van der Waals surface area contributed by atoms with E-state index in [2.05, 4.69) is 0 Å². The monoisotopic (exact) mass is 154 g/mol. The fourth-order valence-electron chi connectivity index (χ4n) is 0.349. The summed E-state index contributed by atoms with van der Waals surface area (Å²) in [5.74, 6) is -5.27. The summed E-state index contributed by atoms with van der Waals surface area (Å²) in [5.41, 5.74) is 0. The van der Waals surface area contributed by atoms with Gasteiger partial charge in [-0.05, 0) is 0 Å². The Bertz CT molecular complexity index is 135. The molecule has 0 fully saturated rings. The van der Waals surface area contributed by atoms with Crippen molar-refractivity contribution in [2.45, 2.75) is 19.0 Å². The molecule has 1 unspecified atom stereocenters. The number of halogens is 2. The zero-order valence-corrected chi connectivity index (χ0v) is 5.34. The zero-order chi connectivity index (χ0) is 8.36. The summed E-state index contributed by atoms with van der Waals surface area (Å²) in [7, 11) is 0. The molecule has 0 saturated heterocycles. The molecule has 0 aromatic carbocycles. The van der Waals surface area contributed by atoms with Crippen molar-refractivity contribution >= 4 is 5.78 Å². The summed E-state index contributed by atoms with van der Waals surface area (Å²) in [6, 6.07) is 0. The number of carbonyl (C=O) groups excluding carboxylic acids is 1. The molecule has 0 aromatic rings. The fraction of sp³-hybridized carbons (Fsp3) is 0.800. The van der Waals surface area contributed by atoms with Crippen molar-refractivity contribution in [2.24, 2.45) is 0 Å². The molecule has 60 valence electrons. The largest absolute Gasteiger partial charge is 0.393 e. The van der Waals surface area contributed by atoms with E-state index in [1.54, 1.807) is 0 Å². The highest BCUT2D eigenvalue weighted by molar-refractivity contribution is 5.83. The molecule has 5 heteroatoms. The van der Waals surface area contributed by atoms with E-state index in [0.29, 0.717) is 6.92 Å². The van der Waals surface area contributed by atoms with E-state index in [1.165, 1.54) is 0 Å². The molecule has 0 amide bonds. The van der Waals surface area contributed by atoms with E-state index < -0.39 is 24.4 Å². The normalized spacial score (nSPS) is 14.9. The van der Waals surface area contributed by atoms with Crippen LogP contribution in [0.3, 0.4) is 0 Å². The molecular formula is C5H8F2O3. The van der Waals surface area contributed by atoms with Crippen LogP contribution in [0.15, 0.2) is 0 Å². The van der Waals surface area contributed by atoms with Crippen molar-refractivity contribution in [3.63, 3.8) is 0 Å². The molecule has 0 heterocycles. The number of hydrogen-bond acceptors (Lipinski definition) is 3. The van der Waals surface area contributed by atoms with Crippen molar-refractivity contribution in [3.05, 3.63) is 0 Å². The predicted molar refractivity (Wildman–Crippen MR) is 28.7 cm³/mol.